The average molecular weight is 1120 g/mol. The van der Waals surface area contributed by atoms with Gasteiger partial charge in [0.2, 0.25) is 0 Å². The number of rotatable bonds is 7. The first kappa shape index (κ1) is 43.0. The number of anilines is 4. The molecule has 0 radical (unpaired) electrons. The molecule has 73 heavy (non-hydrogen) atoms. The van der Waals surface area contributed by atoms with E-state index in [9.17, 15) is 0 Å². The number of hydrazone groups is 1. The van der Waals surface area contributed by atoms with Crippen molar-refractivity contribution in [1.29, 1.82) is 0 Å². The van der Waals surface area contributed by atoms with E-state index < -0.39 is 0 Å². The van der Waals surface area contributed by atoms with Gasteiger partial charge in [-0.25, -0.2) is 0 Å². The van der Waals surface area contributed by atoms with Gasteiger partial charge in [0.1, 0.15) is 0 Å². The number of nitrogens with zero attached hydrogens (tertiary/aromatic N) is 7. The van der Waals surface area contributed by atoms with E-state index >= 15 is 0 Å². The summed E-state index contributed by atoms with van der Waals surface area (Å²) in [7, 11) is 1.94. The van der Waals surface area contributed by atoms with E-state index in [1.54, 1.807) is 0 Å². The van der Waals surface area contributed by atoms with Crippen molar-refractivity contribution in [3.63, 3.8) is 0 Å². The van der Waals surface area contributed by atoms with Gasteiger partial charge in [0.25, 0.3) is 0 Å². The van der Waals surface area contributed by atoms with Crippen molar-refractivity contribution in [3.8, 4) is 61.7 Å². The number of para-hydroxylation sites is 5. The molecule has 0 N–H and O–H groups in total. The van der Waals surface area contributed by atoms with Gasteiger partial charge in [-0.15, -0.1) is 49.4 Å². The molecule has 3 aliphatic heterocycles. The molecule has 2 aromatic heterocycles. The molecule has 5 heterocycles. The smallest absolute Gasteiger partial charge is 0.509 e. The van der Waals surface area contributed by atoms with Gasteiger partial charge in [-0.2, -0.15) is 17.2 Å². The second-order valence-electron chi connectivity index (χ2n) is 18.4. The van der Waals surface area contributed by atoms with Crippen LogP contribution in [-0.4, -0.2) is 27.6 Å². The average Bonchev–Trinajstić information content (AvgIpc) is 4.20. The Kier molecular flexibility index (Phi) is 9.95. The van der Waals surface area contributed by atoms with Gasteiger partial charge >= 0.3 is 21.1 Å². The minimum atomic E-state index is 0. The van der Waals surface area contributed by atoms with Crippen molar-refractivity contribution < 1.29 is 25.8 Å². The number of benzene rings is 10. The van der Waals surface area contributed by atoms with E-state index in [-0.39, 0.29) is 21.1 Å². The Morgan fingerprint density at radius 2 is 1.10 bits per heavy atom. The van der Waals surface area contributed by atoms with Gasteiger partial charge in [-0.1, -0.05) is 157 Å². The van der Waals surface area contributed by atoms with Gasteiger partial charge in [-0.05, 0) is 70.5 Å². The van der Waals surface area contributed by atoms with Gasteiger partial charge in [0.05, 0.1) is 28.6 Å². The zero-order valence-corrected chi connectivity index (χ0v) is 41.6. The summed E-state index contributed by atoms with van der Waals surface area (Å²) < 4.78 is 11.5. The fraction of sp³-hybridized carbons (Fsp3) is 0.0156. The molecule has 0 bridgehead atoms. The molecule has 3 aliphatic rings. The first-order valence-electron chi connectivity index (χ1n) is 24.2. The van der Waals surface area contributed by atoms with E-state index in [2.05, 4.69) is 237 Å². The second-order valence-corrected chi connectivity index (χ2v) is 18.4. The predicted octanol–water partition coefficient (Wildman–Crippen LogP) is 15.6. The standard InChI is InChI=1S/C64H41N7O.Pt/c1-66-40-67(39-65-66)71-59-36-35-58-61(51-25-9-8-23-49(51)52-28-16-29-53-50-24-10-11-30-55(50)70(58)64(52)53)62(59)54-34-33-46(38-60(54)71)72-45-22-14-21-44(37-45)68-41-69(57-32-13-12-31-56(57)68)63-47(42-17-4-2-5-18-42)26-15-27-48(63)43-19-6-3-7-20-43;/h2-36,39-41H,1H3;/q-4;+4. The summed E-state index contributed by atoms with van der Waals surface area (Å²) in [6.07, 6.45) is 1.84. The van der Waals surface area contributed by atoms with Crippen LogP contribution >= 0.6 is 0 Å². The largest absolute Gasteiger partial charge is 4.00 e. The predicted molar refractivity (Wildman–Crippen MR) is 294 cm³/mol. The number of ether oxygens (including phenoxy) is 1. The van der Waals surface area contributed by atoms with Crippen molar-refractivity contribution in [2.24, 2.45) is 5.10 Å². The molecule has 0 atom stereocenters. The number of aromatic nitrogens is 2. The Morgan fingerprint density at radius 1 is 0.466 bits per heavy atom. The fourth-order valence-electron chi connectivity index (χ4n) is 11.4. The fourth-order valence-corrected chi connectivity index (χ4v) is 11.4. The molecular weight excluding hydrogens is 1080 g/mol. The van der Waals surface area contributed by atoms with Crippen LogP contribution in [0.2, 0.25) is 0 Å². The van der Waals surface area contributed by atoms with Crippen molar-refractivity contribution >= 4 is 72.7 Å². The molecule has 8 nitrogen and oxygen atoms in total. The molecule has 15 rings (SSSR count). The van der Waals surface area contributed by atoms with Crippen molar-refractivity contribution in [1.82, 2.24) is 14.3 Å². The first-order chi connectivity index (χ1) is 35.6. The van der Waals surface area contributed by atoms with E-state index in [0.717, 1.165) is 78.1 Å². The summed E-state index contributed by atoms with van der Waals surface area (Å²) in [6, 6.07) is 82.9. The molecule has 12 aromatic rings. The number of hydrogen-bond acceptors (Lipinski definition) is 6. The maximum Gasteiger partial charge on any atom is 4.00 e. The molecule has 0 unspecified atom stereocenters. The van der Waals surface area contributed by atoms with Crippen LogP contribution < -0.4 is 19.5 Å². The van der Waals surface area contributed by atoms with Gasteiger partial charge in [0, 0.05) is 61.6 Å². The summed E-state index contributed by atoms with van der Waals surface area (Å²) in [5.41, 5.74) is 18.8. The normalized spacial score (nSPS) is 13.4. The molecule has 9 heteroatoms. The topological polar surface area (TPSA) is 44.4 Å². The zero-order valence-electron chi connectivity index (χ0n) is 39.3. The Bertz CT molecular complexity index is 4140. The summed E-state index contributed by atoms with van der Waals surface area (Å²) in [5.74, 6) is 1.14. The minimum Gasteiger partial charge on any atom is -0.509 e. The van der Waals surface area contributed by atoms with Crippen molar-refractivity contribution in [3.05, 3.63) is 238 Å². The van der Waals surface area contributed by atoms with E-state index in [0.29, 0.717) is 11.5 Å². The van der Waals surface area contributed by atoms with Crippen molar-refractivity contribution in [2.45, 2.75) is 0 Å². The molecule has 0 fully saturated rings. The Hall–Kier alpha value is -8.84. The van der Waals surface area contributed by atoms with E-state index in [4.69, 9.17) is 4.74 Å². The van der Waals surface area contributed by atoms with Crippen molar-refractivity contribution in [2.75, 3.05) is 21.9 Å². The third-order valence-electron chi connectivity index (χ3n) is 14.4. The quantitative estimate of drug-likeness (QED) is 0.149. The zero-order chi connectivity index (χ0) is 47.4. The number of hydrogen-bond donors (Lipinski definition) is 0. The number of fused-ring (bicyclic) bond motifs is 13. The summed E-state index contributed by atoms with van der Waals surface area (Å²) in [5, 5.41) is 13.1. The first-order valence-corrected chi connectivity index (χ1v) is 24.2. The van der Waals surface area contributed by atoms with Crippen LogP contribution in [0.1, 0.15) is 0 Å². The SMILES string of the molecule is CN1[CH-]N(n2c3[c-]c(Oc4[c-]c(N5[CH-]N(c6c(-c7ccccc7)cccc6-c6ccccc6)c6ccccc65)ccc4)ccc3c3c4c(ccc32)-n2c3ccccc3c3cccc(c32)-c2ccccc2-4)C=N1.[Pt+4]. The summed E-state index contributed by atoms with van der Waals surface area (Å²) in [4.78, 5) is 4.52. The second kappa shape index (κ2) is 16.9. The van der Waals surface area contributed by atoms with Crippen LogP contribution in [-0.2, 0) is 21.1 Å². The van der Waals surface area contributed by atoms with Crippen LogP contribution in [0.5, 0.6) is 11.5 Å². The summed E-state index contributed by atoms with van der Waals surface area (Å²) in [6.45, 7) is 4.15. The molecule has 0 saturated heterocycles. The Balaban J connectivity index is 0.00000493. The van der Waals surface area contributed by atoms with Gasteiger partial charge < -0.3 is 33.8 Å². The van der Waals surface area contributed by atoms with E-state index in [1.165, 1.54) is 38.5 Å². The van der Waals surface area contributed by atoms with Gasteiger partial charge in [-0.3, -0.25) is 0 Å². The molecule has 10 aromatic carbocycles. The van der Waals surface area contributed by atoms with Crippen LogP contribution in [0.15, 0.2) is 217 Å². The molecule has 0 saturated carbocycles. The maximum atomic E-state index is 6.83. The monoisotopic (exact) mass is 1120 g/mol. The third-order valence-corrected chi connectivity index (χ3v) is 14.4. The molecule has 348 valence electrons. The molecule has 0 spiro atoms. The Labute approximate surface area is 436 Å². The van der Waals surface area contributed by atoms with Crippen LogP contribution in [0.3, 0.4) is 0 Å². The van der Waals surface area contributed by atoms with Crippen LogP contribution in [0.4, 0.5) is 22.7 Å². The summed E-state index contributed by atoms with van der Waals surface area (Å²) >= 11 is 0. The van der Waals surface area contributed by atoms with Crippen LogP contribution in [0, 0.1) is 25.5 Å². The van der Waals surface area contributed by atoms with Crippen LogP contribution in [0.25, 0.3) is 93.8 Å². The molecule has 0 amide bonds. The molecular formula is C64H41N7OPt. The minimum absolute atomic E-state index is 0. The Morgan fingerprint density at radius 3 is 1.86 bits per heavy atom. The van der Waals surface area contributed by atoms with E-state index in [1.807, 2.05) is 48.3 Å². The maximum absolute atomic E-state index is 6.83. The molecule has 0 aliphatic carbocycles. The van der Waals surface area contributed by atoms with Gasteiger partial charge in [0.15, 0.2) is 0 Å². The third kappa shape index (κ3) is 6.60.